The summed E-state index contributed by atoms with van der Waals surface area (Å²) in [6.45, 7) is 3.82. The van der Waals surface area contributed by atoms with E-state index in [1.54, 1.807) is 26.1 Å². The molecule has 1 amide bonds. The Labute approximate surface area is 182 Å². The fourth-order valence-electron chi connectivity index (χ4n) is 2.91. The molecular formula is C22H20N4O2S2. The summed E-state index contributed by atoms with van der Waals surface area (Å²) in [5.41, 5.74) is 3.52. The van der Waals surface area contributed by atoms with Gasteiger partial charge in [-0.05, 0) is 26.0 Å². The van der Waals surface area contributed by atoms with Crippen molar-refractivity contribution in [2.45, 2.75) is 24.3 Å². The number of benzene rings is 2. The van der Waals surface area contributed by atoms with E-state index in [9.17, 15) is 9.59 Å². The monoisotopic (exact) mass is 436 g/mol. The summed E-state index contributed by atoms with van der Waals surface area (Å²) >= 11 is 2.63. The minimum absolute atomic E-state index is 0.127. The largest absolute Gasteiger partial charge is 0.301 e. The van der Waals surface area contributed by atoms with Gasteiger partial charge in [-0.3, -0.25) is 14.2 Å². The van der Waals surface area contributed by atoms with E-state index in [4.69, 9.17) is 0 Å². The molecule has 2 heterocycles. The Morgan fingerprint density at radius 2 is 1.87 bits per heavy atom. The zero-order valence-electron chi connectivity index (χ0n) is 16.7. The number of nitrogens with zero attached hydrogens (tertiary/aromatic N) is 3. The summed E-state index contributed by atoms with van der Waals surface area (Å²) < 4.78 is 1.48. The fourth-order valence-corrected chi connectivity index (χ4v) is 4.51. The van der Waals surface area contributed by atoms with Crippen LogP contribution in [-0.4, -0.2) is 25.7 Å². The molecule has 0 spiro atoms. The number of carbonyl (C=O) groups excluding carboxylic acids is 1. The second-order valence-corrected chi connectivity index (χ2v) is 9.10. The lowest BCUT2D eigenvalue weighted by atomic mass is 10.1. The fraction of sp³-hybridized carbons (Fsp3) is 0.182. The molecule has 2 aromatic heterocycles. The summed E-state index contributed by atoms with van der Waals surface area (Å²) in [6.07, 6.45) is 0. The summed E-state index contributed by atoms with van der Waals surface area (Å²) in [6, 6.07) is 15.3. The number of thiazole rings is 1. The molecule has 1 atom stereocenters. The number of thioether (sulfide) groups is 1. The molecule has 0 fully saturated rings. The standard InChI is InChI=1S/C22H20N4O2S2/c1-13-8-10-15(11-9-13)18-12-29-21(23-18)25-19(27)14(2)30-22-24-17-7-5-4-6-16(17)20(28)26(22)3/h4-12,14H,1-3H3,(H,23,25,27). The lowest BCUT2D eigenvalue weighted by Crippen LogP contribution is -2.25. The molecule has 4 aromatic rings. The molecule has 6 nitrogen and oxygen atoms in total. The zero-order chi connectivity index (χ0) is 21.3. The van der Waals surface area contributed by atoms with Crippen LogP contribution in [-0.2, 0) is 11.8 Å². The summed E-state index contributed by atoms with van der Waals surface area (Å²) in [4.78, 5) is 34.3. The molecule has 1 unspecified atom stereocenters. The number of aryl methyl sites for hydroxylation is 1. The lowest BCUT2D eigenvalue weighted by molar-refractivity contribution is -0.115. The van der Waals surface area contributed by atoms with Crippen molar-refractivity contribution in [1.29, 1.82) is 0 Å². The number of fused-ring (bicyclic) bond motifs is 1. The Balaban J connectivity index is 1.48. The minimum Gasteiger partial charge on any atom is -0.301 e. The number of carbonyl (C=O) groups is 1. The quantitative estimate of drug-likeness (QED) is 0.369. The maximum absolute atomic E-state index is 12.7. The van der Waals surface area contributed by atoms with Crippen molar-refractivity contribution in [2.24, 2.45) is 7.05 Å². The lowest BCUT2D eigenvalue weighted by Gasteiger charge is -2.13. The van der Waals surface area contributed by atoms with E-state index in [-0.39, 0.29) is 11.5 Å². The molecule has 2 aromatic carbocycles. The van der Waals surface area contributed by atoms with Gasteiger partial charge < -0.3 is 5.32 Å². The molecule has 0 aliphatic rings. The van der Waals surface area contributed by atoms with E-state index in [2.05, 4.69) is 15.3 Å². The molecule has 0 bridgehead atoms. The SMILES string of the molecule is Cc1ccc(-c2csc(NC(=O)C(C)Sc3nc4ccccc4c(=O)n3C)n2)cc1. The number of hydrogen-bond donors (Lipinski definition) is 1. The molecular weight excluding hydrogens is 416 g/mol. The Hall–Kier alpha value is -2.97. The average Bonchev–Trinajstić information content (AvgIpc) is 3.20. The number of aromatic nitrogens is 3. The van der Waals surface area contributed by atoms with Gasteiger partial charge in [0.2, 0.25) is 5.91 Å². The molecule has 30 heavy (non-hydrogen) atoms. The molecule has 1 N–H and O–H groups in total. The smallest absolute Gasteiger partial charge is 0.261 e. The van der Waals surface area contributed by atoms with Gasteiger partial charge in [-0.15, -0.1) is 11.3 Å². The van der Waals surface area contributed by atoms with Gasteiger partial charge in [0.05, 0.1) is 21.8 Å². The molecule has 8 heteroatoms. The number of para-hydroxylation sites is 1. The van der Waals surface area contributed by atoms with E-state index in [1.165, 1.54) is 33.2 Å². The first-order valence-corrected chi connectivity index (χ1v) is 11.1. The topological polar surface area (TPSA) is 76.9 Å². The van der Waals surface area contributed by atoms with E-state index in [0.29, 0.717) is 21.2 Å². The third-order valence-electron chi connectivity index (χ3n) is 4.68. The van der Waals surface area contributed by atoms with Gasteiger partial charge in [0.1, 0.15) is 0 Å². The van der Waals surface area contributed by atoms with Crippen LogP contribution in [0.5, 0.6) is 0 Å². The van der Waals surface area contributed by atoms with E-state index in [1.807, 2.05) is 48.7 Å². The molecule has 0 saturated carbocycles. The number of amides is 1. The van der Waals surface area contributed by atoms with Crippen LogP contribution in [0.2, 0.25) is 0 Å². The van der Waals surface area contributed by atoms with Crippen LogP contribution >= 0.6 is 23.1 Å². The third-order valence-corrected chi connectivity index (χ3v) is 6.58. The van der Waals surface area contributed by atoms with Crippen molar-refractivity contribution in [3.05, 3.63) is 69.8 Å². The van der Waals surface area contributed by atoms with Crippen molar-refractivity contribution < 1.29 is 4.79 Å². The molecule has 0 radical (unpaired) electrons. The Morgan fingerprint density at radius 3 is 2.63 bits per heavy atom. The Morgan fingerprint density at radius 1 is 1.13 bits per heavy atom. The van der Waals surface area contributed by atoms with Gasteiger partial charge in [-0.1, -0.05) is 53.7 Å². The van der Waals surface area contributed by atoms with Crippen molar-refractivity contribution in [3.8, 4) is 11.3 Å². The van der Waals surface area contributed by atoms with E-state index >= 15 is 0 Å². The van der Waals surface area contributed by atoms with Crippen LogP contribution in [0.4, 0.5) is 5.13 Å². The van der Waals surface area contributed by atoms with Crippen molar-refractivity contribution in [1.82, 2.24) is 14.5 Å². The number of hydrogen-bond acceptors (Lipinski definition) is 6. The summed E-state index contributed by atoms with van der Waals surface area (Å²) in [5.74, 6) is -0.188. The van der Waals surface area contributed by atoms with Gasteiger partial charge in [0.15, 0.2) is 10.3 Å². The first kappa shape index (κ1) is 20.3. The van der Waals surface area contributed by atoms with Crippen LogP contribution in [0.3, 0.4) is 0 Å². The highest BCUT2D eigenvalue weighted by Gasteiger charge is 2.19. The first-order chi connectivity index (χ1) is 14.4. The summed E-state index contributed by atoms with van der Waals surface area (Å²) in [5, 5.41) is 5.95. The normalized spacial score (nSPS) is 12.1. The number of nitrogens with one attached hydrogen (secondary N) is 1. The van der Waals surface area contributed by atoms with Crippen LogP contribution in [0.15, 0.2) is 63.9 Å². The Bertz CT molecular complexity index is 1280. The number of rotatable bonds is 5. The molecule has 0 saturated heterocycles. The average molecular weight is 437 g/mol. The maximum Gasteiger partial charge on any atom is 0.261 e. The molecule has 4 rings (SSSR count). The highest BCUT2D eigenvalue weighted by molar-refractivity contribution is 8.00. The van der Waals surface area contributed by atoms with Crippen molar-refractivity contribution in [2.75, 3.05) is 5.32 Å². The van der Waals surface area contributed by atoms with Gasteiger partial charge >= 0.3 is 0 Å². The van der Waals surface area contributed by atoms with E-state index in [0.717, 1.165) is 11.3 Å². The third kappa shape index (κ3) is 4.15. The highest BCUT2D eigenvalue weighted by atomic mass is 32.2. The maximum atomic E-state index is 12.7. The van der Waals surface area contributed by atoms with Gasteiger partial charge in [-0.25, -0.2) is 9.97 Å². The predicted octanol–water partition coefficient (Wildman–Crippen LogP) is 4.48. The zero-order valence-corrected chi connectivity index (χ0v) is 18.4. The predicted molar refractivity (Wildman–Crippen MR) is 123 cm³/mol. The Kier molecular flexibility index (Phi) is 5.69. The second-order valence-electron chi connectivity index (χ2n) is 6.93. The van der Waals surface area contributed by atoms with E-state index < -0.39 is 5.25 Å². The van der Waals surface area contributed by atoms with Gasteiger partial charge in [-0.2, -0.15) is 0 Å². The second kappa shape index (κ2) is 8.41. The van der Waals surface area contributed by atoms with Crippen LogP contribution < -0.4 is 10.9 Å². The van der Waals surface area contributed by atoms with Crippen LogP contribution in [0.25, 0.3) is 22.2 Å². The minimum atomic E-state index is -0.448. The van der Waals surface area contributed by atoms with Crippen molar-refractivity contribution in [3.63, 3.8) is 0 Å². The van der Waals surface area contributed by atoms with Gasteiger partial charge in [0, 0.05) is 18.0 Å². The molecule has 152 valence electrons. The van der Waals surface area contributed by atoms with Crippen molar-refractivity contribution >= 4 is 45.0 Å². The van der Waals surface area contributed by atoms with Crippen LogP contribution in [0.1, 0.15) is 12.5 Å². The molecule has 0 aliphatic carbocycles. The van der Waals surface area contributed by atoms with Gasteiger partial charge in [0.25, 0.3) is 5.56 Å². The first-order valence-electron chi connectivity index (χ1n) is 9.38. The molecule has 0 aliphatic heterocycles. The van der Waals surface area contributed by atoms with Crippen LogP contribution in [0, 0.1) is 6.92 Å². The highest BCUT2D eigenvalue weighted by Crippen LogP contribution is 2.27. The number of anilines is 1. The summed E-state index contributed by atoms with van der Waals surface area (Å²) in [7, 11) is 1.67.